The first-order valence-corrected chi connectivity index (χ1v) is 19.5. The maximum atomic E-state index is 6.98. The van der Waals surface area contributed by atoms with Gasteiger partial charge in [0.15, 0.2) is 8.32 Å². The van der Waals surface area contributed by atoms with Crippen molar-refractivity contribution < 1.29 is 8.85 Å². The van der Waals surface area contributed by atoms with E-state index >= 15 is 0 Å². The van der Waals surface area contributed by atoms with Gasteiger partial charge in [0.2, 0.25) is 8.32 Å². The Hall–Kier alpha value is -0.296. The lowest BCUT2D eigenvalue weighted by molar-refractivity contribution is -0.0964. The zero-order chi connectivity index (χ0) is 23.0. The van der Waals surface area contributed by atoms with E-state index in [1.165, 1.54) is 31.3 Å². The summed E-state index contributed by atoms with van der Waals surface area (Å²) in [5.41, 5.74) is 1.64. The summed E-state index contributed by atoms with van der Waals surface area (Å²) in [7, 11) is -3.29. The van der Waals surface area contributed by atoms with Crippen molar-refractivity contribution >= 4 is 28.2 Å². The largest absolute Gasteiger partial charge is 0.543 e. The predicted molar refractivity (Wildman–Crippen MR) is 137 cm³/mol. The second kappa shape index (κ2) is 7.35. The van der Waals surface area contributed by atoms with Gasteiger partial charge in [0, 0.05) is 5.41 Å². The van der Waals surface area contributed by atoms with Crippen molar-refractivity contribution in [3.05, 3.63) is 34.6 Å². The Kier molecular flexibility index (Phi) is 5.65. The van der Waals surface area contributed by atoms with Crippen LogP contribution in [0.3, 0.4) is 0 Å². The van der Waals surface area contributed by atoms with Crippen LogP contribution in [0.15, 0.2) is 34.6 Å². The van der Waals surface area contributed by atoms with Crippen molar-refractivity contribution in [2.24, 2.45) is 28.6 Å². The average molecular weight is 479 g/mol. The van der Waals surface area contributed by atoms with Crippen LogP contribution < -0.4 is 0 Å². The molecule has 2 nitrogen and oxygen atoms in total. The molecule has 0 saturated heterocycles. The molecule has 0 bridgehead atoms. The van der Waals surface area contributed by atoms with E-state index in [1.807, 2.05) is 0 Å². The van der Waals surface area contributed by atoms with Gasteiger partial charge >= 0.3 is 0 Å². The van der Waals surface area contributed by atoms with Crippen molar-refractivity contribution in [2.45, 2.75) is 97.8 Å². The minimum atomic E-state index is -1.70. The third-order valence-corrected chi connectivity index (χ3v) is 11.2. The predicted octanol–water partition coefficient (Wildman–Crippen LogP) is 8.25. The van der Waals surface area contributed by atoms with Crippen molar-refractivity contribution in [2.75, 3.05) is 0 Å². The van der Waals surface area contributed by atoms with E-state index in [0.717, 1.165) is 23.1 Å². The van der Waals surface area contributed by atoms with E-state index in [4.69, 9.17) is 20.5 Å². The van der Waals surface area contributed by atoms with Crippen LogP contribution in [0.4, 0.5) is 0 Å². The number of rotatable bonds is 4. The number of hydrogen-bond acceptors (Lipinski definition) is 2. The molecule has 0 aromatic rings. The highest BCUT2D eigenvalue weighted by Crippen LogP contribution is 2.67. The Balaban J connectivity index is 1.66. The van der Waals surface area contributed by atoms with Gasteiger partial charge in [-0.05, 0) is 113 Å². The first-order chi connectivity index (χ1) is 14.1. The molecule has 0 heterocycles. The van der Waals surface area contributed by atoms with Gasteiger partial charge in [-0.1, -0.05) is 37.6 Å². The summed E-state index contributed by atoms with van der Waals surface area (Å²) in [4.78, 5) is 0. The zero-order valence-electron chi connectivity index (χ0n) is 21.2. The second-order valence-electron chi connectivity index (χ2n) is 13.2. The smallest absolute Gasteiger partial charge is 0.242 e. The first-order valence-electron chi connectivity index (χ1n) is 12.3. The molecule has 0 N–H and O–H groups in total. The monoisotopic (exact) mass is 478 g/mol. The molecule has 0 spiro atoms. The van der Waals surface area contributed by atoms with Gasteiger partial charge in [-0.15, -0.1) is 0 Å². The van der Waals surface area contributed by atoms with E-state index in [1.54, 1.807) is 0 Å². The third-order valence-electron chi connectivity index (χ3n) is 8.89. The van der Waals surface area contributed by atoms with Gasteiger partial charge in [-0.2, -0.15) is 0 Å². The maximum Gasteiger partial charge on any atom is 0.242 e. The second-order valence-corrected chi connectivity index (χ2v) is 22.4. The molecule has 4 aliphatic carbocycles. The highest BCUT2D eigenvalue weighted by molar-refractivity contribution is 6.70. The molecule has 6 unspecified atom stereocenters. The molecule has 0 radical (unpaired) electrons. The van der Waals surface area contributed by atoms with Crippen LogP contribution in [0.25, 0.3) is 0 Å². The summed E-state index contributed by atoms with van der Waals surface area (Å²) >= 11 is 6.98. The lowest BCUT2D eigenvalue weighted by atomic mass is 9.48. The summed E-state index contributed by atoms with van der Waals surface area (Å²) in [6, 6.07) is 0. The molecule has 0 amide bonds. The fourth-order valence-electron chi connectivity index (χ4n) is 7.51. The van der Waals surface area contributed by atoms with Crippen LogP contribution in [-0.2, 0) is 8.85 Å². The van der Waals surface area contributed by atoms with Gasteiger partial charge in [0.05, 0.1) is 10.6 Å². The van der Waals surface area contributed by atoms with Crippen LogP contribution in [0.5, 0.6) is 0 Å². The summed E-state index contributed by atoms with van der Waals surface area (Å²) in [6.07, 6.45) is 13.2. The SMILES string of the molecule is CC12C=CC(O[Si](C)(C)C)=C(Cl)C1=CCC1C2CCC2(C)C1CCC2(C)O[Si](C)(C)C. The van der Waals surface area contributed by atoms with Crippen LogP contribution in [-0.4, -0.2) is 22.2 Å². The highest BCUT2D eigenvalue weighted by atomic mass is 35.5. The third kappa shape index (κ3) is 3.87. The fourth-order valence-corrected chi connectivity index (χ4v) is 10.5. The molecule has 174 valence electrons. The van der Waals surface area contributed by atoms with E-state index in [0.29, 0.717) is 11.8 Å². The Morgan fingerprint density at radius 3 is 2.19 bits per heavy atom. The summed E-state index contributed by atoms with van der Waals surface area (Å²) in [5, 5.41) is 0.859. The molecule has 4 aliphatic rings. The van der Waals surface area contributed by atoms with Gasteiger partial charge in [0.25, 0.3) is 0 Å². The average Bonchev–Trinajstić information content (AvgIpc) is 2.86. The van der Waals surface area contributed by atoms with E-state index in [-0.39, 0.29) is 16.4 Å². The minimum absolute atomic E-state index is 0.0201. The molecule has 31 heavy (non-hydrogen) atoms. The van der Waals surface area contributed by atoms with Crippen LogP contribution in [0.2, 0.25) is 39.3 Å². The molecule has 6 atom stereocenters. The van der Waals surface area contributed by atoms with Crippen molar-refractivity contribution in [3.63, 3.8) is 0 Å². The molecule has 0 aliphatic heterocycles. The van der Waals surface area contributed by atoms with Crippen molar-refractivity contribution in [1.29, 1.82) is 0 Å². The van der Waals surface area contributed by atoms with Gasteiger partial charge in [-0.25, -0.2) is 0 Å². The molecule has 0 aromatic heterocycles. The molecule has 2 fully saturated rings. The summed E-state index contributed by atoms with van der Waals surface area (Å²) in [5.74, 6) is 2.99. The van der Waals surface area contributed by atoms with Gasteiger partial charge < -0.3 is 8.85 Å². The van der Waals surface area contributed by atoms with Gasteiger partial charge in [0.1, 0.15) is 5.76 Å². The number of hydrogen-bond donors (Lipinski definition) is 0. The fraction of sp³-hybridized carbons (Fsp3) is 0.769. The summed E-state index contributed by atoms with van der Waals surface area (Å²) < 4.78 is 13.2. The van der Waals surface area contributed by atoms with Crippen LogP contribution in [0, 0.1) is 28.6 Å². The Morgan fingerprint density at radius 2 is 1.58 bits per heavy atom. The van der Waals surface area contributed by atoms with Crippen molar-refractivity contribution in [3.8, 4) is 0 Å². The summed E-state index contributed by atoms with van der Waals surface area (Å²) in [6.45, 7) is 21.1. The molecule has 2 saturated carbocycles. The lowest BCUT2D eigenvalue weighted by Crippen LogP contribution is -2.56. The van der Waals surface area contributed by atoms with E-state index in [9.17, 15) is 0 Å². The zero-order valence-corrected chi connectivity index (χ0v) is 24.0. The topological polar surface area (TPSA) is 18.5 Å². The minimum Gasteiger partial charge on any atom is -0.543 e. The van der Waals surface area contributed by atoms with Crippen LogP contribution >= 0.6 is 11.6 Å². The quantitative estimate of drug-likeness (QED) is 0.378. The Morgan fingerprint density at radius 1 is 0.935 bits per heavy atom. The Bertz CT molecular complexity index is 848. The normalized spacial score (nSPS) is 42.6. The molecule has 4 rings (SSSR count). The first kappa shape index (κ1) is 23.8. The van der Waals surface area contributed by atoms with Crippen LogP contribution in [0.1, 0.15) is 52.9 Å². The Labute approximate surface area is 197 Å². The molecule has 0 aromatic carbocycles. The van der Waals surface area contributed by atoms with Crippen molar-refractivity contribution in [1.82, 2.24) is 0 Å². The number of allylic oxidation sites excluding steroid dienone is 5. The molecular weight excluding hydrogens is 436 g/mol. The number of fused-ring (bicyclic) bond motifs is 5. The van der Waals surface area contributed by atoms with E-state index < -0.39 is 16.6 Å². The standard InChI is InChI=1S/C26H43ClO2Si2/c1-24-15-14-22(28-30(4,5)6)23(27)21(24)11-10-18-19(24)12-16-25(2)20(18)13-17-26(25,3)29-31(7,8)9/h11,14-15,18-20H,10,12-13,16-17H2,1-9H3. The highest BCUT2D eigenvalue weighted by Gasteiger charge is 2.63. The number of halogens is 1. The lowest BCUT2D eigenvalue weighted by Gasteiger charge is -2.58. The molecular formula is C26H43ClO2Si2. The maximum absolute atomic E-state index is 6.98. The van der Waals surface area contributed by atoms with E-state index in [2.05, 4.69) is 78.3 Å². The van der Waals surface area contributed by atoms with Gasteiger partial charge in [-0.3, -0.25) is 0 Å². The molecule has 5 heteroatoms.